The molecular formula is C54H32Cl2F8N8O9S4. The van der Waals surface area contributed by atoms with E-state index in [2.05, 4.69) is 29.3 Å². The van der Waals surface area contributed by atoms with Crippen LogP contribution in [0.3, 0.4) is 0 Å². The molecule has 11 rings (SSSR count). The van der Waals surface area contributed by atoms with E-state index in [1.54, 1.807) is 23.7 Å². The normalized spacial score (nSPS) is 11.4. The monoisotopic (exact) mass is 1290 g/mol. The third-order valence-corrected chi connectivity index (χ3v) is 16.5. The maximum atomic E-state index is 15.2. The van der Waals surface area contributed by atoms with Crippen molar-refractivity contribution >= 4 is 98.1 Å². The number of hydrogen-bond acceptors (Lipinski definition) is 16. The van der Waals surface area contributed by atoms with Gasteiger partial charge in [-0.1, -0.05) is 70.1 Å². The second-order valence-electron chi connectivity index (χ2n) is 17.2. The van der Waals surface area contributed by atoms with Gasteiger partial charge in [-0.2, -0.15) is 17.2 Å². The highest BCUT2D eigenvalue weighted by Gasteiger charge is 2.32. The van der Waals surface area contributed by atoms with Gasteiger partial charge in [-0.3, -0.25) is 23.4 Å². The number of nitrogens with zero attached hydrogens (tertiary/aromatic N) is 6. The van der Waals surface area contributed by atoms with Crippen molar-refractivity contribution in [1.82, 2.24) is 29.5 Å². The van der Waals surface area contributed by atoms with Gasteiger partial charge in [-0.25, -0.2) is 34.8 Å². The zero-order valence-electron chi connectivity index (χ0n) is 42.6. The average molecular weight is 1290 g/mol. The Hall–Kier alpha value is -9.00. The molecule has 17 nitrogen and oxygen atoms in total. The molecule has 0 saturated carbocycles. The summed E-state index contributed by atoms with van der Waals surface area (Å²) in [6.45, 7) is 0. The van der Waals surface area contributed by atoms with Gasteiger partial charge in [0.15, 0.2) is 0 Å². The molecule has 0 saturated heterocycles. The SMILES string of the molecule is COc1cc(-c2cccc(F)c2)c(Cl)cc1-n1c(=O)ccc2cc(S(=O)(=O)Nc3nncs3)c(F)cc21.COc1cc(-c2cccc(F)c2)c(Cl)cc1-n1c(=O)ccc2cc(S(=O)(=O)Oc3c(F)c(F)c(F)c(F)c3F)ccc21.Nc1nncs1. The lowest BCUT2D eigenvalue weighted by Crippen LogP contribution is -2.19. The zero-order chi connectivity index (χ0) is 61.2. The second-order valence-corrected chi connectivity index (χ2v) is 22.9. The van der Waals surface area contributed by atoms with Crippen LogP contribution in [0, 0.1) is 46.5 Å². The lowest BCUT2D eigenvalue weighted by atomic mass is 10.0. The van der Waals surface area contributed by atoms with Crippen LogP contribution in [-0.2, 0) is 20.1 Å². The predicted octanol–water partition coefficient (Wildman–Crippen LogP) is 12.3. The van der Waals surface area contributed by atoms with Crippen LogP contribution in [0.1, 0.15) is 0 Å². The van der Waals surface area contributed by atoms with Crippen LogP contribution in [0.4, 0.5) is 45.4 Å². The van der Waals surface area contributed by atoms with Gasteiger partial charge in [-0.15, -0.1) is 20.4 Å². The number of nitrogens with two attached hydrogens (primary N) is 1. The van der Waals surface area contributed by atoms with Crippen LogP contribution in [0.2, 0.25) is 10.0 Å². The largest absolute Gasteiger partial charge is 0.495 e. The molecule has 0 fully saturated rings. The predicted molar refractivity (Wildman–Crippen MR) is 302 cm³/mol. The van der Waals surface area contributed by atoms with Crippen LogP contribution in [0.25, 0.3) is 55.4 Å². The minimum Gasteiger partial charge on any atom is -0.495 e. The van der Waals surface area contributed by atoms with Crippen molar-refractivity contribution in [2.24, 2.45) is 0 Å². The number of nitrogens with one attached hydrogen (secondary N) is 1. The molecule has 3 N–H and O–H groups in total. The lowest BCUT2D eigenvalue weighted by molar-refractivity contribution is 0.346. The Bertz CT molecular complexity index is 4750. The third-order valence-electron chi connectivity index (χ3n) is 12.0. The van der Waals surface area contributed by atoms with Crippen LogP contribution in [0.15, 0.2) is 158 Å². The lowest BCUT2D eigenvalue weighted by Gasteiger charge is -2.17. The highest BCUT2D eigenvalue weighted by atomic mass is 35.5. The summed E-state index contributed by atoms with van der Waals surface area (Å²) >= 11 is 15.3. The second kappa shape index (κ2) is 24.7. The van der Waals surface area contributed by atoms with E-state index < -0.39 is 93.3 Å². The standard InChI is InChI=1S/C28H14ClF6NO5S.C24H15ClF2N4O4S2.C2H3N3S/c1-40-21-11-17(13-3-2-4-15(30)9-13)18(29)12-20(21)36-19-7-6-16(10-14(19)5-8-22(36)37)42(38,39)41-28-26(34)24(32)23(31)25(33)27(28)35;1-35-21-9-16(13-3-2-4-15(26)7-13)17(25)10-20(21)31-19-11-18(27)22(8-14(19)5-6-23(31)32)37(33,34)30-24-29-28-12-36-24;3-2-5-4-1-6-2/h2-12H,1H3;2-12H,1H3,(H,29,30);1H,(H2,3,5). The number of nitrogen functional groups attached to an aromatic ring is 1. The molecule has 0 aliphatic rings. The molecule has 0 aliphatic heterocycles. The minimum atomic E-state index is -5.14. The molecule has 7 aromatic carbocycles. The van der Waals surface area contributed by atoms with Gasteiger partial charge < -0.3 is 19.4 Å². The van der Waals surface area contributed by atoms with E-state index in [0.29, 0.717) is 27.4 Å². The van der Waals surface area contributed by atoms with Gasteiger partial charge >= 0.3 is 10.1 Å². The van der Waals surface area contributed by atoms with E-state index in [1.165, 1.54) is 104 Å². The summed E-state index contributed by atoms with van der Waals surface area (Å²) in [4.78, 5) is 24.6. The fourth-order valence-corrected chi connectivity index (χ4v) is 11.8. The van der Waals surface area contributed by atoms with Gasteiger partial charge in [0.2, 0.25) is 45.1 Å². The molecule has 85 heavy (non-hydrogen) atoms. The minimum absolute atomic E-state index is 0.0257. The Kier molecular flexibility index (Phi) is 17.6. The molecule has 0 unspecified atom stereocenters. The van der Waals surface area contributed by atoms with Crippen LogP contribution < -0.4 is 35.2 Å². The van der Waals surface area contributed by atoms with Gasteiger partial charge in [0, 0.05) is 40.1 Å². The molecule has 0 amide bonds. The third kappa shape index (κ3) is 12.6. The Morgan fingerprint density at radius 1 is 0.565 bits per heavy atom. The maximum absolute atomic E-state index is 15.2. The maximum Gasteiger partial charge on any atom is 0.339 e. The first-order chi connectivity index (χ1) is 40.4. The Morgan fingerprint density at radius 3 is 1.54 bits per heavy atom. The fraction of sp³-hybridized carbons (Fsp3) is 0.0370. The number of aromatic nitrogens is 6. The molecule has 0 spiro atoms. The first-order valence-corrected chi connectivity index (χ1v) is 28.9. The van der Waals surface area contributed by atoms with E-state index in [0.717, 1.165) is 56.9 Å². The highest BCUT2D eigenvalue weighted by molar-refractivity contribution is 7.93. The summed E-state index contributed by atoms with van der Waals surface area (Å²) in [5.74, 6) is -15.9. The van der Waals surface area contributed by atoms with Crippen LogP contribution in [-0.4, -0.2) is 60.6 Å². The number of benzene rings is 7. The van der Waals surface area contributed by atoms with Crippen LogP contribution in [0.5, 0.6) is 17.2 Å². The molecular weight excluding hydrogens is 1260 g/mol. The Balaban J connectivity index is 0.000000186. The first-order valence-electron chi connectivity index (χ1n) is 23.5. The van der Waals surface area contributed by atoms with Crippen molar-refractivity contribution in [2.75, 3.05) is 24.7 Å². The number of hydrogen-bond donors (Lipinski definition) is 2. The summed E-state index contributed by atoms with van der Waals surface area (Å²) in [6, 6.07) is 27.2. The summed E-state index contributed by atoms with van der Waals surface area (Å²) < 4.78 is 182. The molecule has 31 heteroatoms. The van der Waals surface area contributed by atoms with Crippen molar-refractivity contribution in [2.45, 2.75) is 9.79 Å². The number of sulfonamides is 1. The number of methoxy groups -OCH3 is 2. The summed E-state index contributed by atoms with van der Waals surface area (Å²) in [6.07, 6.45) is 0. The van der Waals surface area contributed by atoms with Gasteiger partial charge in [0.05, 0.1) is 46.7 Å². The fourth-order valence-electron chi connectivity index (χ4n) is 8.22. The molecule has 4 aromatic heterocycles. The number of anilines is 2. The van der Waals surface area contributed by atoms with Crippen molar-refractivity contribution in [3.05, 3.63) is 216 Å². The van der Waals surface area contributed by atoms with Crippen molar-refractivity contribution in [3.8, 4) is 50.9 Å². The number of halogens is 10. The number of ether oxygens (including phenoxy) is 2. The highest BCUT2D eigenvalue weighted by Crippen LogP contribution is 2.40. The molecule has 0 bridgehead atoms. The van der Waals surface area contributed by atoms with E-state index >= 15 is 4.39 Å². The summed E-state index contributed by atoms with van der Waals surface area (Å²) in [7, 11) is -6.78. The molecule has 0 radical (unpaired) electrons. The quantitative estimate of drug-likeness (QED) is 0.0502. The first kappa shape index (κ1) is 60.6. The van der Waals surface area contributed by atoms with E-state index in [-0.39, 0.29) is 59.9 Å². The Labute approximate surface area is 491 Å². The summed E-state index contributed by atoms with van der Waals surface area (Å²) in [5.41, 5.74) is 9.18. The molecule has 0 atom stereocenters. The van der Waals surface area contributed by atoms with E-state index in [4.69, 9.17) is 38.4 Å². The van der Waals surface area contributed by atoms with Gasteiger partial charge in [0.1, 0.15) is 49.8 Å². The van der Waals surface area contributed by atoms with E-state index in [9.17, 15) is 57.2 Å². The van der Waals surface area contributed by atoms with Crippen molar-refractivity contribution < 1.29 is 65.6 Å². The zero-order valence-corrected chi connectivity index (χ0v) is 47.4. The van der Waals surface area contributed by atoms with Gasteiger partial charge in [-0.05, 0) is 96.1 Å². The number of pyridine rings is 2. The summed E-state index contributed by atoms with van der Waals surface area (Å²) in [5, 5.41) is 15.2. The van der Waals surface area contributed by atoms with E-state index in [1.807, 2.05) is 0 Å². The van der Waals surface area contributed by atoms with Gasteiger partial charge in [0.25, 0.3) is 21.1 Å². The topological polar surface area (TPSA) is 230 Å². The van der Waals surface area contributed by atoms with Crippen LogP contribution >= 0.6 is 45.9 Å². The van der Waals surface area contributed by atoms with Crippen molar-refractivity contribution in [3.63, 3.8) is 0 Å². The number of rotatable bonds is 12. The smallest absolute Gasteiger partial charge is 0.339 e. The molecule has 0 aliphatic carbocycles. The molecule has 4 heterocycles. The molecule has 436 valence electrons. The molecule has 11 aromatic rings. The Morgan fingerprint density at radius 2 is 1.07 bits per heavy atom. The average Bonchev–Trinajstić information content (AvgIpc) is 2.03. The van der Waals surface area contributed by atoms with Crippen molar-refractivity contribution in [1.29, 1.82) is 0 Å². The number of fused-ring (bicyclic) bond motifs is 2.